The number of unbranched alkanes of at least 4 members (excludes halogenated alkanes) is 30. The lowest BCUT2D eigenvalue weighted by atomic mass is 10.0. The average Bonchev–Trinajstić information content (AvgIpc) is 3.66. The Labute approximate surface area is 518 Å². The highest BCUT2D eigenvalue weighted by Crippen LogP contribution is 2.19. The molecule has 2 atom stereocenters. The number of halogens is 12. The van der Waals surface area contributed by atoms with Gasteiger partial charge in [-0.3, -0.25) is 14.4 Å². The number of quaternary nitrogens is 4. The van der Waals surface area contributed by atoms with Crippen LogP contribution in [-0.2, 0) is 33.6 Å². The molecule has 0 aliphatic heterocycles. The molecule has 530 valence electrons. The summed E-state index contributed by atoms with van der Waals surface area (Å²) >= 11 is 0. The number of hydrogen-bond acceptors (Lipinski definition) is 7. The van der Waals surface area contributed by atoms with E-state index < -0.39 is 60.6 Å². The molecule has 0 spiro atoms. The Kier molecular flexibility index (Phi) is 63.6. The number of nitrogens with one attached hydrogen (secondary N) is 1. The van der Waals surface area contributed by atoms with E-state index in [0.29, 0.717) is 19.5 Å². The van der Waals surface area contributed by atoms with Gasteiger partial charge >= 0.3 is 54.6 Å². The summed E-state index contributed by atoms with van der Waals surface area (Å²) in [4.78, 5) is 77.4. The van der Waals surface area contributed by atoms with Crippen molar-refractivity contribution in [1.82, 2.24) is 10.2 Å². The van der Waals surface area contributed by atoms with Gasteiger partial charge in [0.2, 0.25) is 5.91 Å². The standard InChI is InChI=1S/C51H104N6O4.4C2HF3O2/c1-3-5-7-9-11-13-15-17-19-21-23-25-27-29-31-33-44-57(45-34-32-30-28-26-24-22-20-18-16-14-12-10-8-6-4-2)51(61)48(46-49(58)59)56-50(60)47(55-43-37-40-53)38-35-41-54-42-36-39-52;4*3-2(4,5)1(6)7/h47-48,54-55H,3-46,52-53H2,1-2H3,(H,56,60)(H,58,59);4*(H,6,7)/p+4. The molecule has 0 aliphatic rings. The van der Waals surface area contributed by atoms with Crippen LogP contribution in [-0.4, -0.2) is 155 Å². The maximum atomic E-state index is 14.2. The number of nitrogens with two attached hydrogens (primary N) is 2. The second-order valence-electron chi connectivity index (χ2n) is 21.9. The van der Waals surface area contributed by atoms with Gasteiger partial charge in [0, 0.05) is 38.8 Å². The van der Waals surface area contributed by atoms with Crippen LogP contribution in [0.2, 0.25) is 0 Å². The van der Waals surface area contributed by atoms with Crippen molar-refractivity contribution in [2.24, 2.45) is 0 Å². The smallest absolute Gasteiger partial charge is 0.481 e. The number of carboxylic acids is 5. The lowest BCUT2D eigenvalue weighted by Gasteiger charge is -2.28. The number of aliphatic carboxylic acids is 5. The van der Waals surface area contributed by atoms with E-state index >= 15 is 0 Å². The van der Waals surface area contributed by atoms with Crippen LogP contribution in [0.4, 0.5) is 52.7 Å². The van der Waals surface area contributed by atoms with E-state index in [0.717, 1.165) is 77.7 Å². The van der Waals surface area contributed by atoms with Crippen molar-refractivity contribution < 1.29 is 134 Å². The zero-order valence-corrected chi connectivity index (χ0v) is 52.9. The molecule has 18 nitrogen and oxygen atoms in total. The number of hydrogen-bond donors (Lipinski definition) is 10. The largest absolute Gasteiger partial charge is 0.490 e. The molecule has 2 unspecified atom stereocenters. The highest BCUT2D eigenvalue weighted by molar-refractivity contribution is 5.91. The SMILES string of the molecule is CCCCCCCCCCCCCCCCCCN(CCCCCCCCCCCCCCCCCC)C(=O)C(CC(=O)O)NC(=O)C(CCC[NH2+]CCC[NH3+])[NH2+]CCC[NH3+].O=C(O)C(F)(F)F.O=C(O)C(F)(F)F.O=C(O)C(F)(F)F.O=C(O)C(F)(F)F. The van der Waals surface area contributed by atoms with Crippen LogP contribution in [0.5, 0.6) is 0 Å². The van der Waals surface area contributed by atoms with Gasteiger partial charge in [0.15, 0.2) is 6.04 Å². The molecule has 0 radical (unpaired) electrons. The van der Waals surface area contributed by atoms with E-state index in [-0.39, 0.29) is 24.3 Å². The highest BCUT2D eigenvalue weighted by Gasteiger charge is 2.40. The van der Waals surface area contributed by atoms with Crippen molar-refractivity contribution in [3.05, 3.63) is 0 Å². The van der Waals surface area contributed by atoms with Crippen LogP contribution in [0.1, 0.15) is 251 Å². The van der Waals surface area contributed by atoms with E-state index in [2.05, 4.69) is 41.3 Å². The fraction of sp³-hybridized carbons (Fsp3) is 0.881. The number of nitrogens with zero attached hydrogens (tertiary/aromatic N) is 1. The average molecular weight is 1330 g/mol. The Bertz CT molecular complexity index is 1620. The lowest BCUT2D eigenvalue weighted by Crippen LogP contribution is -2.93. The van der Waals surface area contributed by atoms with Gasteiger partial charge in [-0.25, -0.2) is 19.2 Å². The first-order valence-corrected chi connectivity index (χ1v) is 31.9. The van der Waals surface area contributed by atoms with Crippen molar-refractivity contribution >= 4 is 41.7 Å². The van der Waals surface area contributed by atoms with E-state index in [1.807, 2.05) is 4.90 Å². The van der Waals surface area contributed by atoms with Gasteiger partial charge in [-0.1, -0.05) is 206 Å². The number of amides is 2. The lowest BCUT2D eigenvalue weighted by molar-refractivity contribution is -0.683. The number of rotatable bonds is 50. The van der Waals surface area contributed by atoms with E-state index in [4.69, 9.17) is 39.6 Å². The fourth-order valence-electron chi connectivity index (χ4n) is 8.64. The predicted molar refractivity (Wildman–Crippen MR) is 311 cm³/mol. The summed E-state index contributed by atoms with van der Waals surface area (Å²) < 4.78 is 127. The molecule has 0 aromatic rings. The molecule has 89 heavy (non-hydrogen) atoms. The summed E-state index contributed by atoms with van der Waals surface area (Å²) in [6.45, 7) is 10.3. The van der Waals surface area contributed by atoms with E-state index in [1.54, 1.807) is 0 Å². The molecule has 0 aromatic heterocycles. The van der Waals surface area contributed by atoms with Gasteiger partial charge in [-0.2, -0.15) is 52.7 Å². The normalized spacial score (nSPS) is 12.1. The van der Waals surface area contributed by atoms with Gasteiger partial charge in [0.05, 0.1) is 39.1 Å². The molecule has 0 saturated heterocycles. The Morgan fingerprint density at radius 2 is 0.640 bits per heavy atom. The van der Waals surface area contributed by atoms with Crippen molar-refractivity contribution in [2.45, 2.75) is 288 Å². The molecule has 0 bridgehead atoms. The first-order chi connectivity index (χ1) is 41.7. The summed E-state index contributed by atoms with van der Waals surface area (Å²) in [6, 6.07) is -1.38. The number of carboxylic acid groups (broad SMARTS) is 5. The summed E-state index contributed by atoms with van der Waals surface area (Å²) in [5.74, 6) is -12.5. The van der Waals surface area contributed by atoms with Gasteiger partial charge in [-0.15, -0.1) is 0 Å². The minimum absolute atomic E-state index is 0.216. The van der Waals surface area contributed by atoms with Gasteiger partial charge < -0.3 is 57.9 Å². The van der Waals surface area contributed by atoms with Crippen molar-refractivity contribution in [1.29, 1.82) is 0 Å². The zero-order chi connectivity index (χ0) is 69.0. The molecule has 0 aromatic carbocycles. The predicted octanol–water partition coefficient (Wildman–Crippen LogP) is 10.4. The third-order valence-electron chi connectivity index (χ3n) is 13.7. The van der Waals surface area contributed by atoms with Gasteiger partial charge in [-0.05, 0) is 12.8 Å². The Hall–Kier alpha value is -4.71. The molecule has 0 saturated carbocycles. The second kappa shape index (κ2) is 60.8. The van der Waals surface area contributed by atoms with Crippen molar-refractivity contribution in [3.63, 3.8) is 0 Å². The maximum absolute atomic E-state index is 14.2. The van der Waals surface area contributed by atoms with E-state index in [1.165, 1.54) is 180 Å². The zero-order valence-electron chi connectivity index (χ0n) is 52.9. The van der Waals surface area contributed by atoms with Crippen LogP contribution in [0.15, 0.2) is 0 Å². The second-order valence-corrected chi connectivity index (χ2v) is 21.9. The summed E-state index contributed by atoms with van der Waals surface area (Å²) in [6.07, 6.45) is 24.5. The number of carbonyl (C=O) groups excluding carboxylic acids is 2. The third-order valence-corrected chi connectivity index (χ3v) is 13.7. The molecule has 0 aliphatic carbocycles. The van der Waals surface area contributed by atoms with Crippen LogP contribution in [0, 0.1) is 0 Å². The Morgan fingerprint density at radius 3 is 0.888 bits per heavy atom. The van der Waals surface area contributed by atoms with Crippen molar-refractivity contribution in [2.75, 3.05) is 45.8 Å². The minimum atomic E-state index is -5.08. The first-order valence-electron chi connectivity index (χ1n) is 31.9. The van der Waals surface area contributed by atoms with E-state index in [9.17, 15) is 72.2 Å². The molecule has 2 amide bonds. The first kappa shape index (κ1) is 93.0. The van der Waals surface area contributed by atoms with Crippen LogP contribution in [0.3, 0.4) is 0 Å². The molecule has 30 heteroatoms. The Balaban J connectivity index is -0.000000682. The van der Waals surface area contributed by atoms with Gasteiger partial charge in [0.1, 0.15) is 6.04 Å². The molecule has 0 heterocycles. The summed E-state index contributed by atoms with van der Waals surface area (Å²) in [5.41, 5.74) is 7.87. The fourth-order valence-corrected chi connectivity index (χ4v) is 8.64. The minimum Gasteiger partial charge on any atom is -0.481 e. The molecule has 0 rings (SSSR count). The highest BCUT2D eigenvalue weighted by atomic mass is 19.4. The van der Waals surface area contributed by atoms with Crippen LogP contribution in [0.25, 0.3) is 0 Å². The topological polar surface area (TPSA) is 324 Å². The molecule has 0 fully saturated rings. The maximum Gasteiger partial charge on any atom is 0.490 e. The number of alkyl halides is 12. The summed E-state index contributed by atoms with van der Waals surface area (Å²) in [7, 11) is 0. The summed E-state index contributed by atoms with van der Waals surface area (Å²) in [5, 5.41) is 45.7. The Morgan fingerprint density at radius 1 is 0.393 bits per heavy atom. The monoisotopic (exact) mass is 1320 g/mol. The molecular formula is C59H112F12N6O12+4. The molecular weight excluding hydrogens is 1210 g/mol. The van der Waals surface area contributed by atoms with Gasteiger partial charge in [0.25, 0.3) is 5.91 Å². The third kappa shape index (κ3) is 70.6. The molecule has 16 N–H and O–H groups in total. The quantitative estimate of drug-likeness (QED) is 0.0201. The van der Waals surface area contributed by atoms with Crippen LogP contribution < -0.4 is 27.4 Å². The van der Waals surface area contributed by atoms with Crippen LogP contribution >= 0.6 is 0 Å². The van der Waals surface area contributed by atoms with Crippen molar-refractivity contribution in [3.8, 4) is 0 Å². The number of carbonyl (C=O) groups is 7.